The third-order valence-electron chi connectivity index (χ3n) is 10.5. The Balaban J connectivity index is 1.48. The summed E-state index contributed by atoms with van der Waals surface area (Å²) in [6.07, 6.45) is 47.7. The molecular formula is C47H83NO2. The van der Waals surface area contributed by atoms with Crippen LogP contribution in [0.5, 0.6) is 0 Å². The van der Waals surface area contributed by atoms with E-state index < -0.39 is 0 Å². The van der Waals surface area contributed by atoms with E-state index in [1.165, 1.54) is 185 Å². The summed E-state index contributed by atoms with van der Waals surface area (Å²) >= 11 is 0. The van der Waals surface area contributed by atoms with Gasteiger partial charge in [-0.2, -0.15) is 0 Å². The van der Waals surface area contributed by atoms with Gasteiger partial charge >= 0.3 is 0 Å². The van der Waals surface area contributed by atoms with Crippen LogP contribution < -0.4 is 0 Å². The molecule has 0 saturated carbocycles. The first-order valence-corrected chi connectivity index (χ1v) is 22.1. The molecule has 288 valence electrons. The van der Waals surface area contributed by atoms with E-state index in [4.69, 9.17) is 9.47 Å². The molecule has 0 spiro atoms. The van der Waals surface area contributed by atoms with Gasteiger partial charge in [-0.25, -0.2) is 0 Å². The molecule has 50 heavy (non-hydrogen) atoms. The smallest absolute Gasteiger partial charge is 0.0975 e. The quantitative estimate of drug-likeness (QED) is 0.0516. The van der Waals surface area contributed by atoms with Gasteiger partial charge in [0.25, 0.3) is 0 Å². The number of nitrogens with zero attached hydrogens (tertiary/aromatic N) is 1. The van der Waals surface area contributed by atoms with Crippen LogP contribution in [0.25, 0.3) is 0 Å². The van der Waals surface area contributed by atoms with Gasteiger partial charge in [-0.1, -0.05) is 184 Å². The van der Waals surface area contributed by atoms with Crippen LogP contribution in [0.15, 0.2) is 54.6 Å². The van der Waals surface area contributed by atoms with Crippen molar-refractivity contribution >= 4 is 0 Å². The van der Waals surface area contributed by atoms with Gasteiger partial charge in [-0.05, 0) is 69.8 Å². The van der Waals surface area contributed by atoms with Crippen LogP contribution in [-0.2, 0) is 16.0 Å². The molecule has 1 saturated heterocycles. The molecule has 0 radical (unpaired) electrons. The minimum atomic E-state index is 0.208. The zero-order valence-corrected chi connectivity index (χ0v) is 33.4. The van der Waals surface area contributed by atoms with Gasteiger partial charge in [0.15, 0.2) is 0 Å². The highest BCUT2D eigenvalue weighted by Crippen LogP contribution is 2.21. The highest BCUT2D eigenvalue weighted by atomic mass is 16.5. The second kappa shape index (κ2) is 34.7. The van der Waals surface area contributed by atoms with Gasteiger partial charge in [-0.3, -0.25) is 4.90 Å². The lowest BCUT2D eigenvalue weighted by Gasteiger charge is -2.20. The minimum absolute atomic E-state index is 0.208. The number of hydrogen-bond donors (Lipinski definition) is 0. The molecule has 1 aliphatic rings. The SMILES string of the molecule is CCCCCC/C=C\CCCCCCCCCCO[C@@H]1CN(Cc2ccccc2)C[C@H]1OCCCCCCCCCC/C=C\CCCCCC. The maximum absolute atomic E-state index is 6.51. The van der Waals surface area contributed by atoms with Crippen molar-refractivity contribution in [1.82, 2.24) is 4.90 Å². The van der Waals surface area contributed by atoms with Gasteiger partial charge in [0.2, 0.25) is 0 Å². The normalized spacial score (nSPS) is 16.8. The monoisotopic (exact) mass is 694 g/mol. The Morgan fingerprint density at radius 1 is 0.460 bits per heavy atom. The molecule has 0 bridgehead atoms. The van der Waals surface area contributed by atoms with Crippen molar-refractivity contribution in [1.29, 1.82) is 0 Å². The van der Waals surface area contributed by atoms with Crippen molar-refractivity contribution in [3.63, 3.8) is 0 Å². The van der Waals surface area contributed by atoms with Crippen LogP contribution in [0.4, 0.5) is 0 Å². The minimum Gasteiger partial charge on any atom is -0.374 e. The van der Waals surface area contributed by atoms with Crippen molar-refractivity contribution in [3.8, 4) is 0 Å². The number of likely N-dealkylation sites (tertiary alicyclic amines) is 1. The van der Waals surface area contributed by atoms with E-state index in [9.17, 15) is 0 Å². The van der Waals surface area contributed by atoms with E-state index in [1.807, 2.05) is 0 Å². The molecule has 1 fully saturated rings. The van der Waals surface area contributed by atoms with Gasteiger partial charge in [-0.15, -0.1) is 0 Å². The second-order valence-electron chi connectivity index (χ2n) is 15.4. The predicted molar refractivity (Wildman–Crippen MR) is 220 cm³/mol. The van der Waals surface area contributed by atoms with Crippen LogP contribution in [0.1, 0.15) is 199 Å². The fraction of sp³-hybridized carbons (Fsp3) is 0.787. The molecular weight excluding hydrogens is 611 g/mol. The summed E-state index contributed by atoms with van der Waals surface area (Å²) in [6, 6.07) is 10.9. The number of unbranched alkanes of at least 4 members (excludes halogenated alkanes) is 24. The summed E-state index contributed by atoms with van der Waals surface area (Å²) < 4.78 is 13.0. The molecule has 1 aliphatic heterocycles. The summed E-state index contributed by atoms with van der Waals surface area (Å²) in [4.78, 5) is 2.54. The molecule has 1 heterocycles. The third kappa shape index (κ3) is 26.4. The number of benzene rings is 1. The zero-order valence-electron chi connectivity index (χ0n) is 33.4. The fourth-order valence-electron chi connectivity index (χ4n) is 7.28. The van der Waals surface area contributed by atoms with Crippen LogP contribution in [0.3, 0.4) is 0 Å². The molecule has 0 N–H and O–H groups in total. The van der Waals surface area contributed by atoms with Gasteiger partial charge in [0, 0.05) is 32.8 Å². The van der Waals surface area contributed by atoms with Crippen LogP contribution in [-0.4, -0.2) is 43.4 Å². The molecule has 0 unspecified atom stereocenters. The maximum atomic E-state index is 6.51. The predicted octanol–water partition coefficient (Wildman–Crippen LogP) is 14.3. The third-order valence-corrected chi connectivity index (χ3v) is 10.5. The van der Waals surface area contributed by atoms with E-state index in [2.05, 4.69) is 73.4 Å². The average molecular weight is 694 g/mol. The molecule has 0 aromatic heterocycles. The molecule has 1 aromatic rings. The Morgan fingerprint density at radius 3 is 1.18 bits per heavy atom. The topological polar surface area (TPSA) is 21.7 Å². The van der Waals surface area contributed by atoms with E-state index >= 15 is 0 Å². The van der Waals surface area contributed by atoms with Crippen molar-refractivity contribution < 1.29 is 9.47 Å². The highest BCUT2D eigenvalue weighted by Gasteiger charge is 2.34. The summed E-state index contributed by atoms with van der Waals surface area (Å²) in [5.74, 6) is 0. The number of allylic oxidation sites excluding steroid dienone is 4. The molecule has 0 aliphatic carbocycles. The Kier molecular flexibility index (Phi) is 31.0. The van der Waals surface area contributed by atoms with Crippen molar-refractivity contribution in [2.45, 2.75) is 212 Å². The Bertz CT molecular complexity index is 830. The number of ether oxygens (including phenoxy) is 2. The van der Waals surface area contributed by atoms with Crippen molar-refractivity contribution in [2.24, 2.45) is 0 Å². The molecule has 2 atom stereocenters. The summed E-state index contributed by atoms with van der Waals surface area (Å²) in [7, 11) is 0. The maximum Gasteiger partial charge on any atom is 0.0975 e. The fourth-order valence-corrected chi connectivity index (χ4v) is 7.28. The Hall–Kier alpha value is -1.42. The van der Waals surface area contributed by atoms with E-state index in [0.29, 0.717) is 0 Å². The zero-order chi connectivity index (χ0) is 35.4. The van der Waals surface area contributed by atoms with Crippen molar-refractivity contribution in [2.75, 3.05) is 26.3 Å². The summed E-state index contributed by atoms with van der Waals surface area (Å²) in [6.45, 7) is 9.30. The Morgan fingerprint density at radius 2 is 0.800 bits per heavy atom. The molecule has 3 nitrogen and oxygen atoms in total. The Labute approximate surface area is 312 Å². The molecule has 2 rings (SSSR count). The first-order chi connectivity index (χ1) is 24.8. The van der Waals surface area contributed by atoms with E-state index in [1.54, 1.807) is 0 Å². The largest absolute Gasteiger partial charge is 0.374 e. The number of rotatable bonds is 36. The first-order valence-electron chi connectivity index (χ1n) is 22.1. The standard InChI is InChI=1S/C47H83NO2/c1-3-5-7-9-11-13-15-17-19-21-23-25-27-29-31-36-40-49-46-43-48(42-45-38-34-33-35-39-45)44-47(46)50-41-37-32-30-28-26-24-22-20-18-16-14-12-10-8-6-4-2/h13-16,33-35,38-39,46-47H,3-12,17-32,36-37,40-44H2,1-2H3/b15-13-,16-14-/t46-,47-/m1/s1. The molecule has 1 aromatic carbocycles. The van der Waals surface area contributed by atoms with E-state index in [0.717, 1.165) is 32.8 Å². The van der Waals surface area contributed by atoms with Crippen LogP contribution >= 0.6 is 0 Å². The average Bonchev–Trinajstić information content (AvgIpc) is 3.51. The van der Waals surface area contributed by atoms with Crippen LogP contribution in [0, 0.1) is 0 Å². The summed E-state index contributed by atoms with van der Waals surface area (Å²) in [5.41, 5.74) is 1.38. The lowest BCUT2D eigenvalue weighted by atomic mass is 10.1. The summed E-state index contributed by atoms with van der Waals surface area (Å²) in [5, 5.41) is 0. The van der Waals surface area contributed by atoms with E-state index in [-0.39, 0.29) is 12.2 Å². The van der Waals surface area contributed by atoms with Crippen LogP contribution in [0.2, 0.25) is 0 Å². The van der Waals surface area contributed by atoms with Crippen molar-refractivity contribution in [3.05, 3.63) is 60.2 Å². The first kappa shape index (κ1) is 44.7. The highest BCUT2D eigenvalue weighted by molar-refractivity contribution is 5.14. The van der Waals surface area contributed by atoms with Gasteiger partial charge < -0.3 is 9.47 Å². The van der Waals surface area contributed by atoms with Gasteiger partial charge in [0.1, 0.15) is 0 Å². The lowest BCUT2D eigenvalue weighted by molar-refractivity contribution is -0.0481. The lowest BCUT2D eigenvalue weighted by Crippen LogP contribution is -2.30. The van der Waals surface area contributed by atoms with Gasteiger partial charge in [0.05, 0.1) is 12.2 Å². The number of hydrogen-bond acceptors (Lipinski definition) is 3. The molecule has 3 heteroatoms. The molecule has 0 amide bonds. The second-order valence-corrected chi connectivity index (χ2v) is 15.4.